The molecule has 0 aliphatic carbocycles. The van der Waals surface area contributed by atoms with Gasteiger partial charge in [0.1, 0.15) is 0 Å². The molecular weight excluding hydrogens is 180 g/mol. The van der Waals surface area contributed by atoms with Gasteiger partial charge in [-0.25, -0.2) is 0 Å². The van der Waals surface area contributed by atoms with E-state index in [4.69, 9.17) is 15.6 Å². The van der Waals surface area contributed by atoms with E-state index in [9.17, 15) is 0 Å². The van der Waals surface area contributed by atoms with E-state index in [0.717, 1.165) is 38.8 Å². The van der Waals surface area contributed by atoms with Crippen molar-refractivity contribution in [1.82, 2.24) is 5.32 Å². The van der Waals surface area contributed by atoms with Crippen LogP contribution in [0.3, 0.4) is 0 Å². The Labute approximate surface area is 85.8 Å². The Hall–Kier alpha value is -0.160. The SMILES string of the molecule is NCC(NCCCCO)C1CCCO1. The Morgan fingerprint density at radius 2 is 2.36 bits per heavy atom. The average molecular weight is 202 g/mol. The molecule has 4 heteroatoms. The third-order valence-corrected chi connectivity index (χ3v) is 2.66. The predicted octanol–water partition coefficient (Wildman–Crippen LogP) is -0.145. The second-order valence-electron chi connectivity index (χ2n) is 3.78. The third kappa shape index (κ3) is 3.92. The molecule has 1 heterocycles. The van der Waals surface area contributed by atoms with E-state index in [2.05, 4.69) is 5.32 Å². The molecule has 0 saturated carbocycles. The maximum atomic E-state index is 8.62. The number of hydrogen-bond acceptors (Lipinski definition) is 4. The lowest BCUT2D eigenvalue weighted by atomic mass is 10.1. The fourth-order valence-electron chi connectivity index (χ4n) is 1.81. The lowest BCUT2D eigenvalue weighted by Crippen LogP contribution is -2.45. The van der Waals surface area contributed by atoms with E-state index in [0.29, 0.717) is 12.6 Å². The number of ether oxygens (including phenoxy) is 1. The molecule has 4 N–H and O–H groups in total. The van der Waals surface area contributed by atoms with Crippen molar-refractivity contribution in [3.63, 3.8) is 0 Å². The van der Waals surface area contributed by atoms with Crippen molar-refractivity contribution in [2.45, 2.75) is 37.8 Å². The van der Waals surface area contributed by atoms with Crippen molar-refractivity contribution in [2.75, 3.05) is 26.3 Å². The first-order valence-electron chi connectivity index (χ1n) is 5.54. The minimum absolute atomic E-state index is 0.273. The fourth-order valence-corrected chi connectivity index (χ4v) is 1.81. The number of aliphatic hydroxyl groups excluding tert-OH is 1. The molecule has 2 atom stereocenters. The monoisotopic (exact) mass is 202 g/mol. The molecule has 1 aliphatic heterocycles. The number of unbranched alkanes of at least 4 members (excludes halogenated alkanes) is 1. The van der Waals surface area contributed by atoms with Crippen molar-refractivity contribution in [2.24, 2.45) is 5.73 Å². The van der Waals surface area contributed by atoms with Crippen LogP contribution in [0.4, 0.5) is 0 Å². The lowest BCUT2D eigenvalue weighted by molar-refractivity contribution is 0.0805. The van der Waals surface area contributed by atoms with E-state index < -0.39 is 0 Å². The van der Waals surface area contributed by atoms with Crippen LogP contribution in [0, 0.1) is 0 Å². The minimum Gasteiger partial charge on any atom is -0.396 e. The molecule has 4 nitrogen and oxygen atoms in total. The van der Waals surface area contributed by atoms with Crippen LogP contribution in [0.15, 0.2) is 0 Å². The largest absolute Gasteiger partial charge is 0.396 e. The van der Waals surface area contributed by atoms with Gasteiger partial charge in [-0.3, -0.25) is 0 Å². The number of hydrogen-bond donors (Lipinski definition) is 3. The molecule has 0 amide bonds. The van der Waals surface area contributed by atoms with Gasteiger partial charge in [-0.2, -0.15) is 0 Å². The zero-order chi connectivity index (χ0) is 10.2. The van der Waals surface area contributed by atoms with Gasteiger partial charge in [-0.15, -0.1) is 0 Å². The van der Waals surface area contributed by atoms with E-state index in [1.54, 1.807) is 0 Å². The highest BCUT2D eigenvalue weighted by molar-refractivity contribution is 4.80. The van der Waals surface area contributed by atoms with Gasteiger partial charge in [-0.05, 0) is 32.2 Å². The number of nitrogens with one attached hydrogen (secondary N) is 1. The summed E-state index contributed by atoms with van der Waals surface area (Å²) in [5.41, 5.74) is 5.68. The number of nitrogens with two attached hydrogens (primary N) is 1. The summed E-state index contributed by atoms with van der Waals surface area (Å²) < 4.78 is 5.57. The quantitative estimate of drug-likeness (QED) is 0.502. The first-order valence-corrected chi connectivity index (χ1v) is 5.54. The summed E-state index contributed by atoms with van der Waals surface area (Å²) in [5.74, 6) is 0. The summed E-state index contributed by atoms with van der Waals surface area (Å²) in [6, 6.07) is 0.288. The molecule has 84 valence electrons. The van der Waals surface area contributed by atoms with Crippen molar-refractivity contribution < 1.29 is 9.84 Å². The Morgan fingerprint density at radius 1 is 1.50 bits per heavy atom. The molecule has 0 radical (unpaired) electrons. The van der Waals surface area contributed by atoms with Crippen LogP contribution < -0.4 is 11.1 Å². The Bertz CT molecular complexity index is 138. The highest BCUT2D eigenvalue weighted by Crippen LogP contribution is 2.15. The topological polar surface area (TPSA) is 67.5 Å². The van der Waals surface area contributed by atoms with Crippen molar-refractivity contribution in [3.05, 3.63) is 0 Å². The summed E-state index contributed by atoms with van der Waals surface area (Å²) in [7, 11) is 0. The molecule has 1 rings (SSSR count). The second kappa shape index (κ2) is 7.17. The van der Waals surface area contributed by atoms with Gasteiger partial charge >= 0.3 is 0 Å². The molecule has 2 unspecified atom stereocenters. The zero-order valence-electron chi connectivity index (χ0n) is 8.74. The fraction of sp³-hybridized carbons (Fsp3) is 1.00. The van der Waals surface area contributed by atoms with Gasteiger partial charge in [-0.1, -0.05) is 0 Å². The summed E-state index contributed by atoms with van der Waals surface area (Å²) in [5, 5.41) is 12.0. The summed E-state index contributed by atoms with van der Waals surface area (Å²) >= 11 is 0. The van der Waals surface area contributed by atoms with Crippen LogP contribution in [-0.4, -0.2) is 43.6 Å². The van der Waals surface area contributed by atoms with Gasteiger partial charge in [0.05, 0.1) is 6.10 Å². The second-order valence-corrected chi connectivity index (χ2v) is 3.78. The number of rotatable bonds is 7. The van der Waals surface area contributed by atoms with Crippen LogP contribution in [0.5, 0.6) is 0 Å². The molecule has 0 bridgehead atoms. The normalized spacial score (nSPS) is 24.0. The molecule has 0 aromatic heterocycles. The van der Waals surface area contributed by atoms with Gasteiger partial charge in [0.15, 0.2) is 0 Å². The van der Waals surface area contributed by atoms with Crippen LogP contribution in [0.2, 0.25) is 0 Å². The summed E-state index contributed by atoms with van der Waals surface area (Å²) in [6.07, 6.45) is 4.43. The minimum atomic E-state index is 0.273. The smallest absolute Gasteiger partial charge is 0.0741 e. The van der Waals surface area contributed by atoms with Crippen molar-refractivity contribution in [3.8, 4) is 0 Å². The van der Waals surface area contributed by atoms with Crippen LogP contribution in [0.1, 0.15) is 25.7 Å². The molecule has 0 aromatic carbocycles. The third-order valence-electron chi connectivity index (χ3n) is 2.66. The molecule has 1 saturated heterocycles. The standard InChI is InChI=1S/C10H22N2O2/c11-8-9(10-4-3-7-14-10)12-5-1-2-6-13/h9-10,12-13H,1-8,11H2. The Kier molecular flexibility index (Phi) is 6.10. The maximum absolute atomic E-state index is 8.62. The lowest BCUT2D eigenvalue weighted by Gasteiger charge is -2.22. The van der Waals surface area contributed by atoms with E-state index in [-0.39, 0.29) is 12.6 Å². The van der Waals surface area contributed by atoms with Gasteiger partial charge < -0.3 is 20.9 Å². The van der Waals surface area contributed by atoms with Gasteiger partial charge in [0.2, 0.25) is 0 Å². The summed E-state index contributed by atoms with van der Waals surface area (Å²) in [6.45, 7) is 2.69. The molecular formula is C10H22N2O2. The van der Waals surface area contributed by atoms with Gasteiger partial charge in [0.25, 0.3) is 0 Å². The van der Waals surface area contributed by atoms with Crippen LogP contribution in [0.25, 0.3) is 0 Å². The molecule has 1 fully saturated rings. The zero-order valence-corrected chi connectivity index (χ0v) is 8.74. The highest BCUT2D eigenvalue weighted by Gasteiger charge is 2.23. The van der Waals surface area contributed by atoms with E-state index in [1.165, 1.54) is 0 Å². The molecule has 14 heavy (non-hydrogen) atoms. The van der Waals surface area contributed by atoms with Crippen LogP contribution >= 0.6 is 0 Å². The predicted molar refractivity (Wildman–Crippen MR) is 56.1 cm³/mol. The van der Waals surface area contributed by atoms with Crippen molar-refractivity contribution >= 4 is 0 Å². The average Bonchev–Trinajstić information content (AvgIpc) is 2.71. The van der Waals surface area contributed by atoms with Gasteiger partial charge in [0, 0.05) is 25.8 Å². The first-order chi connectivity index (χ1) is 6.88. The molecule has 0 aromatic rings. The number of aliphatic hydroxyl groups is 1. The Morgan fingerprint density at radius 3 is 2.93 bits per heavy atom. The van der Waals surface area contributed by atoms with E-state index >= 15 is 0 Å². The maximum Gasteiger partial charge on any atom is 0.0741 e. The molecule has 0 spiro atoms. The summed E-state index contributed by atoms with van der Waals surface area (Å²) in [4.78, 5) is 0. The van der Waals surface area contributed by atoms with Crippen LogP contribution in [-0.2, 0) is 4.74 Å². The molecule has 1 aliphatic rings. The van der Waals surface area contributed by atoms with Crippen molar-refractivity contribution in [1.29, 1.82) is 0 Å². The van der Waals surface area contributed by atoms with E-state index in [1.807, 2.05) is 0 Å². The highest BCUT2D eigenvalue weighted by atomic mass is 16.5. The Balaban J connectivity index is 2.11. The first kappa shape index (κ1) is 11.9.